The minimum absolute atomic E-state index is 0.202. The highest BCUT2D eigenvalue weighted by Crippen LogP contribution is 2.34. The van der Waals surface area contributed by atoms with Gasteiger partial charge in [0.2, 0.25) is 6.79 Å². The van der Waals surface area contributed by atoms with Gasteiger partial charge in [-0.3, -0.25) is 9.36 Å². The summed E-state index contributed by atoms with van der Waals surface area (Å²) >= 11 is 0. The topological polar surface area (TPSA) is 153 Å². The van der Waals surface area contributed by atoms with Gasteiger partial charge in [0, 0.05) is 12.1 Å². The highest BCUT2D eigenvalue weighted by Gasteiger charge is 2.46. The van der Waals surface area contributed by atoms with Crippen molar-refractivity contribution in [3.63, 3.8) is 0 Å². The summed E-state index contributed by atoms with van der Waals surface area (Å²) in [5.74, 6) is 1.50. The number of aliphatic hydroxyl groups excluding tert-OH is 2. The molecule has 2 aliphatic heterocycles. The van der Waals surface area contributed by atoms with E-state index in [1.165, 1.54) is 12.7 Å². The van der Waals surface area contributed by atoms with E-state index in [0.717, 1.165) is 16.7 Å². The van der Waals surface area contributed by atoms with Crippen LogP contribution in [0.5, 0.6) is 11.5 Å². The fraction of sp³-hybridized carbons (Fsp3) is 0.226. The van der Waals surface area contributed by atoms with Crippen molar-refractivity contribution in [2.24, 2.45) is 0 Å². The number of rotatable bonds is 8. The number of aliphatic hydroxyl groups is 2. The van der Waals surface area contributed by atoms with Crippen molar-refractivity contribution >= 4 is 22.9 Å². The molecule has 0 aliphatic carbocycles. The molecule has 1 fully saturated rings. The number of nitrogens with zero attached hydrogens (tertiary/aromatic N) is 4. The van der Waals surface area contributed by atoms with E-state index in [9.17, 15) is 15.0 Å². The second-order valence-corrected chi connectivity index (χ2v) is 10.3. The number of ether oxygens (including phenoxy) is 3. The molecule has 7 rings (SSSR count). The summed E-state index contributed by atoms with van der Waals surface area (Å²) in [6.45, 7) is 0.218. The molecule has 4 atom stereocenters. The van der Waals surface area contributed by atoms with Crippen molar-refractivity contribution in [3.05, 3.63) is 96.6 Å². The van der Waals surface area contributed by atoms with Crippen LogP contribution in [0.1, 0.15) is 22.1 Å². The molecule has 12 nitrogen and oxygen atoms in total. The maximum Gasteiger partial charge on any atom is 0.251 e. The Bertz CT molecular complexity index is 1760. The van der Waals surface area contributed by atoms with Crippen molar-refractivity contribution in [2.75, 3.05) is 18.7 Å². The zero-order valence-corrected chi connectivity index (χ0v) is 22.8. The first-order valence-electron chi connectivity index (χ1n) is 13.8. The lowest BCUT2D eigenvalue weighted by molar-refractivity contribution is -0.0440. The Hall–Kier alpha value is -5.04. The lowest BCUT2D eigenvalue weighted by Gasteiger charge is -2.23. The number of benzene rings is 3. The summed E-state index contributed by atoms with van der Waals surface area (Å²) in [6.07, 6.45) is -0.0552. The SMILES string of the molecule is O=C(N[C@@H]1[C@H](O)[C@@H](CO)O[C@H]1n1cnc2c(NCc3ccc4c(c3)OCO4)ncnc21)c1ccc(-c2ccccc2)cc1. The van der Waals surface area contributed by atoms with E-state index >= 15 is 0 Å². The molecule has 0 saturated carbocycles. The van der Waals surface area contributed by atoms with E-state index in [1.807, 2.05) is 60.7 Å². The predicted molar refractivity (Wildman–Crippen MR) is 155 cm³/mol. The number of aromatic nitrogens is 4. The summed E-state index contributed by atoms with van der Waals surface area (Å²) in [4.78, 5) is 26.6. The standard InChI is InChI=1S/C31H28N6O6/c38-14-24-27(39)25(36-30(40)21-9-7-20(8-10-21)19-4-2-1-3-5-19)31(43-24)37-16-35-26-28(33-15-34-29(26)37)32-13-18-6-11-22-23(12-18)42-17-41-22/h1-12,15-16,24-25,27,31,38-39H,13-14,17H2,(H,36,40)(H,32,33,34)/t24-,25-,27-,31-/m1/s1. The number of fused-ring (bicyclic) bond motifs is 2. The smallest absolute Gasteiger partial charge is 0.251 e. The van der Waals surface area contributed by atoms with Crippen LogP contribution < -0.4 is 20.1 Å². The van der Waals surface area contributed by atoms with Crippen LogP contribution in [0.2, 0.25) is 0 Å². The largest absolute Gasteiger partial charge is 0.454 e. The average Bonchev–Trinajstić information content (AvgIpc) is 3.78. The summed E-state index contributed by atoms with van der Waals surface area (Å²) in [6, 6.07) is 21.9. The molecule has 0 unspecified atom stereocenters. The molecule has 5 aromatic rings. The van der Waals surface area contributed by atoms with E-state index in [2.05, 4.69) is 25.6 Å². The lowest BCUT2D eigenvalue weighted by Crippen LogP contribution is -2.46. The highest BCUT2D eigenvalue weighted by molar-refractivity contribution is 5.95. The Balaban J connectivity index is 1.11. The monoisotopic (exact) mass is 580 g/mol. The molecule has 3 aromatic carbocycles. The normalized spacial score (nSPS) is 20.8. The molecule has 1 saturated heterocycles. The third-order valence-electron chi connectivity index (χ3n) is 7.63. The molecule has 0 radical (unpaired) electrons. The van der Waals surface area contributed by atoms with Gasteiger partial charge in [0.15, 0.2) is 34.7 Å². The molecule has 4 N–H and O–H groups in total. The first-order valence-corrected chi connectivity index (χ1v) is 13.8. The van der Waals surface area contributed by atoms with Gasteiger partial charge in [-0.25, -0.2) is 15.0 Å². The first-order chi connectivity index (χ1) is 21.1. The van der Waals surface area contributed by atoms with Gasteiger partial charge in [-0.2, -0.15) is 0 Å². The molecule has 0 bridgehead atoms. The van der Waals surface area contributed by atoms with Gasteiger partial charge in [-0.05, 0) is 41.0 Å². The highest BCUT2D eigenvalue weighted by atomic mass is 16.7. The molecule has 2 aromatic heterocycles. The average molecular weight is 581 g/mol. The van der Waals surface area contributed by atoms with Crippen LogP contribution in [-0.4, -0.2) is 67.3 Å². The molecule has 4 heterocycles. The first kappa shape index (κ1) is 26.8. The lowest BCUT2D eigenvalue weighted by atomic mass is 10.0. The number of hydrogen-bond donors (Lipinski definition) is 4. The minimum atomic E-state index is -1.18. The number of hydrogen-bond acceptors (Lipinski definition) is 10. The summed E-state index contributed by atoms with van der Waals surface area (Å²) in [5.41, 5.74) is 4.32. The molecule has 218 valence electrons. The molecule has 12 heteroatoms. The zero-order valence-electron chi connectivity index (χ0n) is 22.8. The fourth-order valence-corrected chi connectivity index (χ4v) is 5.37. The third kappa shape index (κ3) is 5.12. The van der Waals surface area contributed by atoms with Crippen molar-refractivity contribution in [1.29, 1.82) is 0 Å². The van der Waals surface area contributed by atoms with Crippen LogP contribution in [0.3, 0.4) is 0 Å². The molecule has 43 heavy (non-hydrogen) atoms. The third-order valence-corrected chi connectivity index (χ3v) is 7.63. The Morgan fingerprint density at radius 2 is 1.74 bits per heavy atom. The number of amides is 1. The van der Waals surface area contributed by atoms with E-state index in [-0.39, 0.29) is 12.7 Å². The van der Waals surface area contributed by atoms with E-state index in [1.54, 1.807) is 16.7 Å². The van der Waals surface area contributed by atoms with Gasteiger partial charge < -0.3 is 35.1 Å². The summed E-state index contributed by atoms with van der Waals surface area (Å²) in [5, 5.41) is 27.1. The summed E-state index contributed by atoms with van der Waals surface area (Å²) in [7, 11) is 0. The van der Waals surface area contributed by atoms with Gasteiger partial charge in [0.25, 0.3) is 5.91 Å². The second kappa shape index (κ2) is 11.3. The van der Waals surface area contributed by atoms with Crippen LogP contribution >= 0.6 is 0 Å². The number of carbonyl (C=O) groups is 1. The minimum Gasteiger partial charge on any atom is -0.454 e. The Labute approximate surface area is 245 Å². The second-order valence-electron chi connectivity index (χ2n) is 10.3. The molecular formula is C31H28N6O6. The predicted octanol–water partition coefficient (Wildman–Crippen LogP) is 2.88. The number of nitrogens with one attached hydrogen (secondary N) is 2. The maximum absolute atomic E-state index is 13.3. The van der Waals surface area contributed by atoms with E-state index < -0.39 is 31.1 Å². The van der Waals surface area contributed by atoms with Crippen molar-refractivity contribution in [2.45, 2.75) is 31.0 Å². The van der Waals surface area contributed by atoms with Gasteiger partial charge in [-0.1, -0.05) is 48.5 Å². The number of imidazole rings is 1. The van der Waals surface area contributed by atoms with Crippen LogP contribution in [-0.2, 0) is 11.3 Å². The molecular weight excluding hydrogens is 552 g/mol. The quantitative estimate of drug-likeness (QED) is 0.216. The number of anilines is 1. The van der Waals surface area contributed by atoms with E-state index in [4.69, 9.17) is 14.2 Å². The Morgan fingerprint density at radius 1 is 0.953 bits per heavy atom. The molecule has 1 amide bonds. The van der Waals surface area contributed by atoms with Crippen molar-refractivity contribution in [3.8, 4) is 22.6 Å². The van der Waals surface area contributed by atoms with Crippen LogP contribution in [0.15, 0.2) is 85.5 Å². The van der Waals surface area contributed by atoms with Gasteiger partial charge >= 0.3 is 0 Å². The molecule has 2 aliphatic rings. The van der Waals surface area contributed by atoms with Crippen molar-refractivity contribution in [1.82, 2.24) is 24.8 Å². The van der Waals surface area contributed by atoms with Crippen LogP contribution in [0.4, 0.5) is 5.82 Å². The van der Waals surface area contributed by atoms with Gasteiger partial charge in [-0.15, -0.1) is 0 Å². The van der Waals surface area contributed by atoms with Crippen molar-refractivity contribution < 1.29 is 29.2 Å². The maximum atomic E-state index is 13.3. The fourth-order valence-electron chi connectivity index (χ4n) is 5.37. The summed E-state index contributed by atoms with van der Waals surface area (Å²) < 4.78 is 18.5. The van der Waals surface area contributed by atoms with Crippen LogP contribution in [0.25, 0.3) is 22.3 Å². The Morgan fingerprint density at radius 3 is 2.56 bits per heavy atom. The van der Waals surface area contributed by atoms with E-state index in [0.29, 0.717) is 40.6 Å². The zero-order chi connectivity index (χ0) is 29.3. The Kier molecular flexibility index (Phi) is 7.07. The van der Waals surface area contributed by atoms with Gasteiger partial charge in [0.1, 0.15) is 24.6 Å². The van der Waals surface area contributed by atoms with Gasteiger partial charge in [0.05, 0.1) is 12.9 Å². The number of carbonyl (C=O) groups excluding carboxylic acids is 1. The van der Waals surface area contributed by atoms with Crippen LogP contribution in [0, 0.1) is 0 Å². The molecule has 0 spiro atoms.